The number of carbonyl (C=O) groups is 2. The van der Waals surface area contributed by atoms with E-state index in [1.807, 2.05) is 0 Å². The molecule has 0 unspecified atom stereocenters. The summed E-state index contributed by atoms with van der Waals surface area (Å²) in [5.74, 6) is 0.0837. The number of rotatable bonds is 3. The smallest absolute Gasteiger partial charge is 0.330 e. The summed E-state index contributed by atoms with van der Waals surface area (Å²) in [7, 11) is 1.31. The van der Waals surface area contributed by atoms with Gasteiger partial charge in [-0.3, -0.25) is 0 Å². The van der Waals surface area contributed by atoms with E-state index >= 15 is 0 Å². The molecule has 0 aromatic heterocycles. The minimum atomic E-state index is -0.394. The van der Waals surface area contributed by atoms with Crippen LogP contribution in [-0.2, 0) is 19.1 Å². The van der Waals surface area contributed by atoms with Crippen molar-refractivity contribution >= 4 is 11.9 Å². The second-order valence-electron chi connectivity index (χ2n) is 6.21. The Balaban J connectivity index is 0.000000567. The molecule has 1 fully saturated rings. The third-order valence-corrected chi connectivity index (χ3v) is 3.72. The molecule has 0 saturated heterocycles. The molecular formula is C17H28O4. The summed E-state index contributed by atoms with van der Waals surface area (Å²) < 4.78 is 9.39. The summed E-state index contributed by atoms with van der Waals surface area (Å²) in [5, 5.41) is 0. The van der Waals surface area contributed by atoms with Crippen molar-refractivity contribution in [2.45, 2.75) is 52.6 Å². The molecule has 1 aliphatic rings. The fourth-order valence-corrected chi connectivity index (χ4v) is 2.34. The van der Waals surface area contributed by atoms with E-state index in [0.717, 1.165) is 24.8 Å². The average molecular weight is 296 g/mol. The molecule has 0 spiro atoms. The number of hydrogen-bond acceptors (Lipinski definition) is 4. The van der Waals surface area contributed by atoms with E-state index in [-0.39, 0.29) is 12.1 Å². The molecule has 0 heterocycles. The molecule has 120 valence electrons. The van der Waals surface area contributed by atoms with Crippen molar-refractivity contribution in [2.24, 2.45) is 11.3 Å². The Hall–Kier alpha value is -1.58. The first kappa shape index (κ1) is 19.4. The van der Waals surface area contributed by atoms with Crippen molar-refractivity contribution in [3.05, 3.63) is 25.3 Å². The number of esters is 2. The van der Waals surface area contributed by atoms with E-state index < -0.39 is 5.97 Å². The maximum absolute atomic E-state index is 11.0. The number of ether oxygens (including phenoxy) is 2. The van der Waals surface area contributed by atoms with Crippen molar-refractivity contribution in [3.8, 4) is 0 Å². The van der Waals surface area contributed by atoms with Crippen LogP contribution in [0, 0.1) is 11.3 Å². The van der Waals surface area contributed by atoms with E-state index in [2.05, 4.69) is 38.7 Å². The molecule has 0 aliphatic heterocycles. The predicted octanol–water partition coefficient (Wildman–Crippen LogP) is 3.67. The molecule has 0 aromatic rings. The van der Waals surface area contributed by atoms with Gasteiger partial charge in [0.25, 0.3) is 0 Å². The number of methoxy groups -OCH3 is 1. The van der Waals surface area contributed by atoms with Crippen molar-refractivity contribution < 1.29 is 19.1 Å². The summed E-state index contributed by atoms with van der Waals surface area (Å²) in [5.41, 5.74) is 0.382. The molecule has 0 atom stereocenters. The van der Waals surface area contributed by atoms with E-state index in [1.54, 1.807) is 0 Å². The van der Waals surface area contributed by atoms with Crippen LogP contribution in [0.3, 0.4) is 0 Å². The van der Waals surface area contributed by atoms with Gasteiger partial charge in [-0.05, 0) is 37.0 Å². The zero-order chi connectivity index (χ0) is 16.5. The lowest BCUT2D eigenvalue weighted by atomic mass is 9.72. The lowest BCUT2D eigenvalue weighted by Gasteiger charge is -2.36. The van der Waals surface area contributed by atoms with Crippen LogP contribution in [0.25, 0.3) is 0 Å². The maximum Gasteiger partial charge on any atom is 0.330 e. The van der Waals surface area contributed by atoms with Crippen LogP contribution in [0.2, 0.25) is 0 Å². The second kappa shape index (κ2) is 9.37. The topological polar surface area (TPSA) is 52.6 Å². The van der Waals surface area contributed by atoms with Gasteiger partial charge in [-0.1, -0.05) is 33.9 Å². The fourth-order valence-electron chi connectivity index (χ4n) is 2.34. The molecule has 0 radical (unpaired) electrons. The Morgan fingerprint density at radius 3 is 1.76 bits per heavy atom. The first-order valence-corrected chi connectivity index (χ1v) is 7.28. The quantitative estimate of drug-likeness (QED) is 0.589. The Bertz CT molecular complexity index is 357. The van der Waals surface area contributed by atoms with Crippen LogP contribution in [0.5, 0.6) is 0 Å². The molecule has 4 nitrogen and oxygen atoms in total. The van der Waals surface area contributed by atoms with Gasteiger partial charge >= 0.3 is 11.9 Å². The zero-order valence-electron chi connectivity index (χ0n) is 13.7. The Morgan fingerprint density at radius 2 is 1.48 bits per heavy atom. The average Bonchev–Trinajstić information content (AvgIpc) is 2.46. The highest BCUT2D eigenvalue weighted by atomic mass is 16.5. The number of carbonyl (C=O) groups excluding carboxylic acids is 2. The second-order valence-corrected chi connectivity index (χ2v) is 6.21. The highest BCUT2D eigenvalue weighted by Crippen LogP contribution is 2.38. The molecule has 1 saturated carbocycles. The van der Waals surface area contributed by atoms with Gasteiger partial charge in [0, 0.05) is 12.2 Å². The molecule has 21 heavy (non-hydrogen) atoms. The Labute approximate surface area is 128 Å². The van der Waals surface area contributed by atoms with E-state index in [9.17, 15) is 9.59 Å². The summed E-state index contributed by atoms with van der Waals surface area (Å²) >= 11 is 0. The van der Waals surface area contributed by atoms with Gasteiger partial charge in [0.2, 0.25) is 0 Å². The standard InChI is InChI=1S/C13H22O2.C4H6O2/c1-5-12(14)15-11-8-6-10(7-9-11)13(2,3)4;1-3-4(5)6-2/h5,10-11H,1,6-9H2,2-4H3;3H,1H2,2H3. The van der Waals surface area contributed by atoms with Gasteiger partial charge < -0.3 is 9.47 Å². The Kier molecular flexibility index (Phi) is 8.67. The molecule has 0 amide bonds. The summed E-state index contributed by atoms with van der Waals surface area (Å²) in [6, 6.07) is 0. The molecule has 1 aliphatic carbocycles. The van der Waals surface area contributed by atoms with Gasteiger partial charge in [0.05, 0.1) is 7.11 Å². The van der Waals surface area contributed by atoms with Crippen molar-refractivity contribution in [3.63, 3.8) is 0 Å². The van der Waals surface area contributed by atoms with Gasteiger partial charge in [-0.25, -0.2) is 9.59 Å². The van der Waals surface area contributed by atoms with Crippen molar-refractivity contribution in [1.29, 1.82) is 0 Å². The van der Waals surface area contributed by atoms with Gasteiger partial charge in [0.15, 0.2) is 0 Å². The van der Waals surface area contributed by atoms with Crippen LogP contribution in [0.4, 0.5) is 0 Å². The van der Waals surface area contributed by atoms with Crippen LogP contribution in [-0.4, -0.2) is 25.2 Å². The monoisotopic (exact) mass is 296 g/mol. The third kappa shape index (κ3) is 8.33. The maximum atomic E-state index is 11.0. The summed E-state index contributed by atoms with van der Waals surface area (Å²) in [6.45, 7) is 13.4. The van der Waals surface area contributed by atoms with E-state index in [4.69, 9.17) is 4.74 Å². The number of hydrogen-bond donors (Lipinski definition) is 0. The Morgan fingerprint density at radius 1 is 1.00 bits per heavy atom. The van der Waals surface area contributed by atoms with Gasteiger partial charge in [-0.2, -0.15) is 0 Å². The molecule has 4 heteroatoms. The van der Waals surface area contributed by atoms with Crippen LogP contribution < -0.4 is 0 Å². The SMILES string of the molecule is C=CC(=O)OC.C=CC(=O)OC1CCC(C(C)(C)C)CC1. The zero-order valence-corrected chi connectivity index (χ0v) is 13.7. The highest BCUT2D eigenvalue weighted by molar-refractivity contribution is 5.81. The summed E-state index contributed by atoms with van der Waals surface area (Å²) in [6.07, 6.45) is 6.81. The summed E-state index contributed by atoms with van der Waals surface area (Å²) in [4.78, 5) is 20.9. The normalized spacial score (nSPS) is 21.3. The van der Waals surface area contributed by atoms with E-state index in [0.29, 0.717) is 5.41 Å². The largest absolute Gasteiger partial charge is 0.466 e. The fraction of sp³-hybridized carbons (Fsp3) is 0.647. The molecule has 0 N–H and O–H groups in total. The molecular weight excluding hydrogens is 268 g/mol. The van der Waals surface area contributed by atoms with Crippen LogP contribution in [0.1, 0.15) is 46.5 Å². The third-order valence-electron chi connectivity index (χ3n) is 3.72. The van der Waals surface area contributed by atoms with Crippen LogP contribution >= 0.6 is 0 Å². The minimum Gasteiger partial charge on any atom is -0.466 e. The highest BCUT2D eigenvalue weighted by Gasteiger charge is 2.30. The minimum absolute atomic E-state index is 0.120. The van der Waals surface area contributed by atoms with Crippen molar-refractivity contribution in [1.82, 2.24) is 0 Å². The molecule has 0 bridgehead atoms. The van der Waals surface area contributed by atoms with Crippen LogP contribution in [0.15, 0.2) is 25.3 Å². The van der Waals surface area contributed by atoms with E-state index in [1.165, 1.54) is 26.0 Å². The lowest BCUT2D eigenvalue weighted by Crippen LogP contribution is -2.30. The van der Waals surface area contributed by atoms with Gasteiger partial charge in [0.1, 0.15) is 6.10 Å². The van der Waals surface area contributed by atoms with Crippen molar-refractivity contribution in [2.75, 3.05) is 7.11 Å². The van der Waals surface area contributed by atoms with Gasteiger partial charge in [-0.15, -0.1) is 0 Å². The lowest BCUT2D eigenvalue weighted by molar-refractivity contribution is -0.145. The first-order valence-electron chi connectivity index (χ1n) is 7.28. The molecule has 1 rings (SSSR count). The first-order chi connectivity index (χ1) is 9.74. The molecule has 0 aromatic carbocycles. The predicted molar refractivity (Wildman–Crippen MR) is 83.7 cm³/mol.